The average Bonchev–Trinajstić information content (AvgIpc) is 2.18. The first-order valence-corrected chi connectivity index (χ1v) is 5.06. The largest absolute Gasteiger partial charge is 0.490 e. The Kier molecular flexibility index (Phi) is 3.05. The van der Waals surface area contributed by atoms with Crippen molar-refractivity contribution in [2.24, 2.45) is 5.73 Å². The maximum atomic E-state index is 13.0. The Morgan fingerprint density at radius 2 is 2.00 bits per heavy atom. The molecular formula is C11H12F3NO. The first-order chi connectivity index (χ1) is 7.56. The zero-order valence-electron chi connectivity index (χ0n) is 8.50. The third-order valence-corrected chi connectivity index (χ3v) is 2.64. The number of alkyl halides is 2. The van der Waals surface area contributed by atoms with Gasteiger partial charge in [-0.25, -0.2) is 13.2 Å². The Labute approximate surface area is 91.2 Å². The molecule has 2 N–H and O–H groups in total. The van der Waals surface area contributed by atoms with Gasteiger partial charge in [0.1, 0.15) is 17.7 Å². The summed E-state index contributed by atoms with van der Waals surface area (Å²) in [6, 6.07) is 3.52. The van der Waals surface area contributed by atoms with Gasteiger partial charge in [-0.15, -0.1) is 0 Å². The number of nitrogens with two attached hydrogens (primary N) is 1. The minimum atomic E-state index is -2.83. The molecule has 0 spiro atoms. The van der Waals surface area contributed by atoms with Crippen LogP contribution in [0, 0.1) is 5.82 Å². The summed E-state index contributed by atoms with van der Waals surface area (Å²) < 4.78 is 43.1. The van der Waals surface area contributed by atoms with E-state index in [1.54, 1.807) is 0 Å². The van der Waals surface area contributed by atoms with E-state index in [0.717, 1.165) is 12.1 Å². The zero-order valence-corrected chi connectivity index (χ0v) is 8.50. The van der Waals surface area contributed by atoms with Gasteiger partial charge in [0.05, 0.1) is 5.56 Å². The van der Waals surface area contributed by atoms with E-state index in [1.807, 2.05) is 0 Å². The summed E-state index contributed by atoms with van der Waals surface area (Å²) in [5.41, 5.74) is 4.94. The molecule has 1 aromatic rings. The fourth-order valence-corrected chi connectivity index (χ4v) is 1.66. The van der Waals surface area contributed by atoms with E-state index in [9.17, 15) is 13.2 Å². The minimum absolute atomic E-state index is 0.0361. The molecule has 0 atom stereocenters. The van der Waals surface area contributed by atoms with Crippen LogP contribution in [0.4, 0.5) is 13.2 Å². The van der Waals surface area contributed by atoms with Gasteiger partial charge in [0.15, 0.2) is 0 Å². The predicted octanol–water partition coefficient (Wildman–Crippen LogP) is 2.63. The third-order valence-electron chi connectivity index (χ3n) is 2.64. The molecule has 1 fully saturated rings. The summed E-state index contributed by atoms with van der Waals surface area (Å²) in [6.07, 6.45) is -1.44. The molecule has 1 aliphatic rings. The van der Waals surface area contributed by atoms with Crippen LogP contribution in [0.2, 0.25) is 0 Å². The van der Waals surface area contributed by atoms with E-state index in [2.05, 4.69) is 0 Å². The van der Waals surface area contributed by atoms with Crippen molar-refractivity contribution in [3.05, 3.63) is 29.6 Å². The third kappa shape index (κ3) is 2.29. The summed E-state index contributed by atoms with van der Waals surface area (Å²) in [5.74, 6) is -0.638. The van der Waals surface area contributed by atoms with E-state index >= 15 is 0 Å². The van der Waals surface area contributed by atoms with Crippen LogP contribution in [0.3, 0.4) is 0 Å². The highest BCUT2D eigenvalue weighted by atomic mass is 19.3. The van der Waals surface area contributed by atoms with E-state index in [1.165, 1.54) is 6.07 Å². The van der Waals surface area contributed by atoms with Crippen molar-refractivity contribution in [3.63, 3.8) is 0 Å². The van der Waals surface area contributed by atoms with Gasteiger partial charge in [0, 0.05) is 6.04 Å². The highest BCUT2D eigenvalue weighted by molar-refractivity contribution is 5.31. The second-order valence-electron chi connectivity index (χ2n) is 3.96. The van der Waals surface area contributed by atoms with Gasteiger partial charge < -0.3 is 10.5 Å². The van der Waals surface area contributed by atoms with Gasteiger partial charge in [0.2, 0.25) is 0 Å². The number of hydrogen-bond acceptors (Lipinski definition) is 2. The van der Waals surface area contributed by atoms with Gasteiger partial charge in [-0.1, -0.05) is 0 Å². The molecule has 0 bridgehead atoms. The molecule has 1 aromatic carbocycles. The lowest BCUT2D eigenvalue weighted by atomic mass is 9.90. The molecule has 1 aliphatic carbocycles. The van der Waals surface area contributed by atoms with Gasteiger partial charge >= 0.3 is 0 Å². The number of benzene rings is 1. The summed E-state index contributed by atoms with van der Waals surface area (Å²) in [4.78, 5) is 0. The van der Waals surface area contributed by atoms with Crippen LogP contribution in [0.25, 0.3) is 0 Å². The quantitative estimate of drug-likeness (QED) is 0.867. The number of hydrogen-bond donors (Lipinski definition) is 1. The number of rotatable bonds is 3. The molecule has 0 radical (unpaired) electrons. The Hall–Kier alpha value is -1.23. The molecule has 0 aliphatic heterocycles. The van der Waals surface area contributed by atoms with E-state index in [0.29, 0.717) is 12.8 Å². The highest BCUT2D eigenvalue weighted by Crippen LogP contribution is 2.29. The van der Waals surface area contributed by atoms with Crippen LogP contribution in [0.5, 0.6) is 5.75 Å². The van der Waals surface area contributed by atoms with Crippen molar-refractivity contribution in [2.75, 3.05) is 0 Å². The second kappa shape index (κ2) is 4.33. The van der Waals surface area contributed by atoms with Gasteiger partial charge in [-0.3, -0.25) is 0 Å². The predicted molar refractivity (Wildman–Crippen MR) is 53.0 cm³/mol. The van der Waals surface area contributed by atoms with E-state index < -0.39 is 17.8 Å². The molecule has 0 amide bonds. The molecule has 16 heavy (non-hydrogen) atoms. The Morgan fingerprint density at radius 3 is 2.56 bits per heavy atom. The van der Waals surface area contributed by atoms with Crippen LogP contribution in [0.15, 0.2) is 18.2 Å². The number of halogens is 3. The van der Waals surface area contributed by atoms with Crippen LogP contribution in [-0.4, -0.2) is 12.1 Å². The van der Waals surface area contributed by atoms with E-state index in [-0.39, 0.29) is 17.9 Å². The molecule has 88 valence electrons. The average molecular weight is 231 g/mol. The fraction of sp³-hybridized carbons (Fsp3) is 0.455. The van der Waals surface area contributed by atoms with Gasteiger partial charge in [-0.05, 0) is 31.0 Å². The second-order valence-corrected chi connectivity index (χ2v) is 3.96. The maximum Gasteiger partial charge on any atom is 0.266 e. The highest BCUT2D eigenvalue weighted by Gasteiger charge is 2.28. The Morgan fingerprint density at radius 1 is 1.31 bits per heavy atom. The van der Waals surface area contributed by atoms with E-state index in [4.69, 9.17) is 10.5 Å². The topological polar surface area (TPSA) is 35.2 Å². The van der Waals surface area contributed by atoms with Crippen molar-refractivity contribution in [3.8, 4) is 5.75 Å². The summed E-state index contributed by atoms with van der Waals surface area (Å²) in [5, 5.41) is 0. The summed E-state index contributed by atoms with van der Waals surface area (Å²) >= 11 is 0. The fourth-order valence-electron chi connectivity index (χ4n) is 1.66. The molecular weight excluding hydrogens is 219 g/mol. The summed E-state index contributed by atoms with van der Waals surface area (Å²) in [6.45, 7) is 0. The summed E-state index contributed by atoms with van der Waals surface area (Å²) in [7, 11) is 0. The standard InChI is InChI=1S/C11H12F3NO/c12-10-2-1-7(5-9(10)11(13)14)16-8-3-6(15)4-8/h1-2,5-6,8,11H,3-4,15H2/t6-,8-. The SMILES string of the molecule is N[C@H]1C[C@H](Oc2ccc(F)c(C(F)F)c2)C1. The minimum Gasteiger partial charge on any atom is -0.490 e. The monoisotopic (exact) mass is 231 g/mol. The Bertz CT molecular complexity index is 377. The number of ether oxygens (including phenoxy) is 1. The molecule has 0 saturated heterocycles. The molecule has 0 unspecified atom stereocenters. The molecule has 5 heteroatoms. The van der Waals surface area contributed by atoms with Crippen LogP contribution in [-0.2, 0) is 0 Å². The molecule has 1 saturated carbocycles. The molecule has 2 nitrogen and oxygen atoms in total. The maximum absolute atomic E-state index is 13.0. The van der Waals surface area contributed by atoms with Crippen molar-refractivity contribution in [2.45, 2.75) is 31.4 Å². The molecule has 2 rings (SSSR count). The lowest BCUT2D eigenvalue weighted by Gasteiger charge is -2.32. The zero-order chi connectivity index (χ0) is 11.7. The first kappa shape index (κ1) is 11.3. The van der Waals surface area contributed by atoms with Crippen molar-refractivity contribution >= 4 is 0 Å². The first-order valence-electron chi connectivity index (χ1n) is 5.06. The lowest BCUT2D eigenvalue weighted by Crippen LogP contribution is -2.43. The molecule has 0 heterocycles. The van der Waals surface area contributed by atoms with Crippen LogP contribution in [0.1, 0.15) is 24.8 Å². The van der Waals surface area contributed by atoms with Crippen molar-refractivity contribution < 1.29 is 17.9 Å². The Balaban J connectivity index is 2.07. The van der Waals surface area contributed by atoms with Crippen molar-refractivity contribution in [1.82, 2.24) is 0 Å². The lowest BCUT2D eigenvalue weighted by molar-refractivity contribution is 0.0992. The smallest absolute Gasteiger partial charge is 0.266 e. The van der Waals surface area contributed by atoms with Crippen LogP contribution < -0.4 is 10.5 Å². The van der Waals surface area contributed by atoms with Gasteiger partial charge in [0.25, 0.3) is 6.43 Å². The molecule has 0 aromatic heterocycles. The van der Waals surface area contributed by atoms with Gasteiger partial charge in [-0.2, -0.15) is 0 Å². The normalized spacial score (nSPS) is 24.3. The van der Waals surface area contributed by atoms with Crippen molar-refractivity contribution in [1.29, 1.82) is 0 Å². The van der Waals surface area contributed by atoms with Crippen LogP contribution >= 0.6 is 0 Å².